The Morgan fingerprint density at radius 2 is 1.20 bits per heavy atom. The molecule has 1 N–H and O–H groups in total. The molecule has 10 nitrogen and oxygen atoms in total. The predicted molar refractivity (Wildman–Crippen MR) is 190 cm³/mol. The number of methoxy groups -OCH3 is 1. The summed E-state index contributed by atoms with van der Waals surface area (Å²) in [6, 6.07) is 8.33. The van der Waals surface area contributed by atoms with Gasteiger partial charge in [-0.3, -0.25) is 14.4 Å². The van der Waals surface area contributed by atoms with Gasteiger partial charge < -0.3 is 24.4 Å². The average molecular weight is 678 g/mol. The molecule has 10 heteroatoms. The zero-order valence-electron chi connectivity index (χ0n) is 31.1. The normalized spacial score (nSPS) is 19.2. The number of nitrogens with zero attached hydrogens (tertiary/aromatic N) is 3. The second kappa shape index (κ2) is 15.5. The summed E-state index contributed by atoms with van der Waals surface area (Å²) in [4.78, 5) is 50.5. The number of aliphatic hydroxyl groups excluding tert-OH is 1. The number of piperidine rings is 2. The zero-order chi connectivity index (χ0) is 36.3. The van der Waals surface area contributed by atoms with Gasteiger partial charge in [0.1, 0.15) is 17.1 Å². The van der Waals surface area contributed by atoms with Crippen LogP contribution >= 0.6 is 0 Å². The maximum atomic E-state index is 13.0. The Balaban J connectivity index is 0.000000221. The summed E-state index contributed by atoms with van der Waals surface area (Å²) >= 11 is 0. The summed E-state index contributed by atoms with van der Waals surface area (Å²) < 4.78 is 5.03. The number of ether oxygens (including phenoxy) is 1. The van der Waals surface area contributed by atoms with Gasteiger partial charge >= 0.3 is 5.97 Å². The molecule has 3 heterocycles. The number of hydrogen-bond acceptors (Lipinski definition) is 9. The third kappa shape index (κ3) is 7.77. The molecule has 0 unspecified atom stereocenters. The Kier molecular flexibility index (Phi) is 12.1. The van der Waals surface area contributed by atoms with Crippen molar-refractivity contribution in [3.63, 3.8) is 0 Å². The van der Waals surface area contributed by atoms with Gasteiger partial charge in [0.2, 0.25) is 0 Å². The number of esters is 1. The monoisotopic (exact) mass is 677 g/mol. The van der Waals surface area contributed by atoms with Crippen molar-refractivity contribution in [1.82, 2.24) is 15.0 Å². The molecule has 5 rings (SSSR count). The van der Waals surface area contributed by atoms with E-state index >= 15 is 0 Å². The quantitative estimate of drug-likeness (QED) is 0.353. The number of benzene rings is 2. The van der Waals surface area contributed by atoms with Crippen molar-refractivity contribution in [3.05, 3.63) is 74.5 Å². The van der Waals surface area contributed by atoms with Gasteiger partial charge in [-0.05, 0) is 101 Å². The summed E-state index contributed by atoms with van der Waals surface area (Å²) in [6.45, 7) is 14.8. The molecule has 2 aromatic carbocycles. The van der Waals surface area contributed by atoms with Gasteiger partial charge in [-0.1, -0.05) is 35.4 Å². The minimum absolute atomic E-state index is 0.0892. The molecule has 0 bridgehead atoms. The Hall–Kier alpha value is -3.57. The van der Waals surface area contributed by atoms with E-state index in [9.17, 15) is 19.5 Å². The fourth-order valence-corrected chi connectivity index (χ4v) is 8.16. The van der Waals surface area contributed by atoms with E-state index in [0.29, 0.717) is 63.9 Å². The van der Waals surface area contributed by atoms with Crippen LogP contribution in [0.1, 0.15) is 76.6 Å². The van der Waals surface area contributed by atoms with Crippen molar-refractivity contribution < 1.29 is 33.9 Å². The molecule has 0 aliphatic carbocycles. The van der Waals surface area contributed by atoms with Gasteiger partial charge in [0, 0.05) is 46.1 Å². The summed E-state index contributed by atoms with van der Waals surface area (Å²) in [5.74, 6) is -0.0606. The lowest BCUT2D eigenvalue weighted by atomic mass is 9.74. The lowest BCUT2D eigenvalue weighted by Gasteiger charge is -2.42. The first-order chi connectivity index (χ1) is 23.1. The molecule has 0 atom stereocenters. The van der Waals surface area contributed by atoms with Crippen molar-refractivity contribution in [2.24, 2.45) is 5.41 Å². The maximum absolute atomic E-state index is 13.0. The minimum Gasteiger partial charge on any atom is -0.509 e. The van der Waals surface area contributed by atoms with Crippen molar-refractivity contribution in [3.8, 4) is 0 Å². The van der Waals surface area contributed by atoms with Gasteiger partial charge in [0.25, 0.3) is 5.91 Å². The number of ketones is 1. The second-order valence-electron chi connectivity index (χ2n) is 14.2. The van der Waals surface area contributed by atoms with Crippen LogP contribution in [0.5, 0.6) is 0 Å². The maximum Gasteiger partial charge on any atom is 0.312 e. The fraction of sp³-hybridized carbons (Fsp3) is 0.564. The lowest BCUT2D eigenvalue weighted by Crippen LogP contribution is -2.53. The summed E-state index contributed by atoms with van der Waals surface area (Å²) in [5.41, 5.74) is 7.77. The Bertz CT molecular complexity index is 1550. The topological polar surface area (TPSA) is 109 Å². The fourth-order valence-electron chi connectivity index (χ4n) is 8.16. The molecule has 3 aliphatic rings. The Labute approximate surface area is 291 Å². The van der Waals surface area contributed by atoms with E-state index in [1.54, 1.807) is 26.2 Å². The van der Waals surface area contributed by atoms with Gasteiger partial charge in [-0.15, -0.1) is 0 Å². The van der Waals surface area contributed by atoms with E-state index in [1.807, 2.05) is 44.7 Å². The molecule has 2 fully saturated rings. The number of rotatable bonds is 8. The van der Waals surface area contributed by atoms with Crippen LogP contribution in [0.25, 0.3) is 5.57 Å². The van der Waals surface area contributed by atoms with Gasteiger partial charge in [0.05, 0.1) is 32.3 Å². The highest BCUT2D eigenvalue weighted by Gasteiger charge is 2.52. The molecule has 2 saturated heterocycles. The third-order valence-corrected chi connectivity index (χ3v) is 10.9. The SMILES string of the molecule is COC(=O)C1(CC(=O)Cc2c(C)cc(C)cc2C)CCN(OC)CC1.CON1CCC2(CC1)C(O)=C(c1c(C)cc(C)cc1C)C(=O)N2C. The summed E-state index contributed by atoms with van der Waals surface area (Å²) in [6.07, 6.45) is 3.08. The van der Waals surface area contributed by atoms with Crippen LogP contribution in [0.3, 0.4) is 0 Å². The number of likely N-dealkylation sites (N-methyl/N-ethyl adjacent to an activating group) is 1. The molecular formula is C39H55N3O7. The number of Topliss-reactive ketones (excluding diaryl/α,β-unsaturated/α-hetero) is 1. The molecule has 0 aromatic heterocycles. The molecule has 3 aliphatic heterocycles. The average Bonchev–Trinajstić information content (AvgIpc) is 3.23. The first kappa shape index (κ1) is 38.2. The van der Waals surface area contributed by atoms with Crippen LogP contribution < -0.4 is 0 Å². The molecule has 1 amide bonds. The largest absolute Gasteiger partial charge is 0.509 e. The molecule has 1 spiro atoms. The molecular weight excluding hydrogens is 622 g/mol. The molecule has 49 heavy (non-hydrogen) atoms. The first-order valence-corrected chi connectivity index (χ1v) is 17.2. The number of hydroxylamine groups is 4. The number of hydrogen-bond donors (Lipinski definition) is 1. The third-order valence-electron chi connectivity index (χ3n) is 10.9. The van der Waals surface area contributed by atoms with E-state index in [4.69, 9.17) is 14.4 Å². The predicted octanol–water partition coefficient (Wildman–Crippen LogP) is 5.68. The van der Waals surface area contributed by atoms with Crippen LogP contribution in [0, 0.1) is 47.0 Å². The van der Waals surface area contributed by atoms with Gasteiger partial charge in [0.15, 0.2) is 0 Å². The molecule has 2 aromatic rings. The van der Waals surface area contributed by atoms with Crippen molar-refractivity contribution >= 4 is 23.2 Å². The van der Waals surface area contributed by atoms with Crippen LogP contribution in [0.4, 0.5) is 0 Å². The number of carbonyl (C=O) groups excluding carboxylic acids is 3. The molecule has 268 valence electrons. The lowest BCUT2D eigenvalue weighted by molar-refractivity contribution is -0.179. The standard InChI is InChI=1S/C20H29NO4.C19H26N2O3/c1-14-10-15(2)18(16(3)11-14)12-17(22)13-20(19(23)24-4)6-8-21(25-5)9-7-20;1-12-10-13(2)15(14(3)11-12)16-17(22)19(20(4)18(16)23)6-8-21(24-5)9-7-19/h10-11H,6-9,12-13H2,1-5H3;10-11,22H,6-9H2,1-5H3. The molecule has 0 saturated carbocycles. The zero-order valence-corrected chi connectivity index (χ0v) is 31.1. The van der Waals surface area contributed by atoms with Crippen molar-refractivity contribution in [1.29, 1.82) is 0 Å². The van der Waals surface area contributed by atoms with E-state index in [1.165, 1.54) is 12.7 Å². The Morgan fingerprint density at radius 3 is 1.65 bits per heavy atom. The number of aryl methyl sites for hydroxylation is 6. The molecule has 0 radical (unpaired) electrons. The highest BCUT2D eigenvalue weighted by atomic mass is 16.7. The van der Waals surface area contributed by atoms with Gasteiger partial charge in [-0.2, -0.15) is 10.1 Å². The van der Waals surface area contributed by atoms with Crippen molar-refractivity contribution in [2.75, 3.05) is 54.6 Å². The highest BCUT2D eigenvalue weighted by Crippen LogP contribution is 2.45. The first-order valence-electron chi connectivity index (χ1n) is 17.2. The second-order valence-corrected chi connectivity index (χ2v) is 14.2. The van der Waals surface area contributed by atoms with Gasteiger partial charge in [-0.25, -0.2) is 0 Å². The van der Waals surface area contributed by atoms with Crippen LogP contribution in [-0.4, -0.2) is 97.9 Å². The smallest absolute Gasteiger partial charge is 0.312 e. The van der Waals surface area contributed by atoms with E-state index < -0.39 is 11.0 Å². The van der Waals surface area contributed by atoms with Crippen LogP contribution in [0.2, 0.25) is 0 Å². The number of aliphatic hydroxyl groups is 1. The Morgan fingerprint density at radius 1 is 0.755 bits per heavy atom. The van der Waals surface area contributed by atoms with E-state index in [0.717, 1.165) is 38.9 Å². The summed E-state index contributed by atoms with van der Waals surface area (Å²) in [7, 11) is 6.47. The number of amides is 1. The minimum atomic E-state index is -0.729. The highest BCUT2D eigenvalue weighted by molar-refractivity contribution is 6.23. The van der Waals surface area contributed by atoms with Crippen LogP contribution in [-0.2, 0) is 35.2 Å². The van der Waals surface area contributed by atoms with Crippen LogP contribution in [0.15, 0.2) is 30.0 Å². The van der Waals surface area contributed by atoms with E-state index in [-0.39, 0.29) is 29.8 Å². The number of carbonyl (C=O) groups is 3. The van der Waals surface area contributed by atoms with Crippen molar-refractivity contribution in [2.45, 2.75) is 85.6 Å². The summed E-state index contributed by atoms with van der Waals surface area (Å²) in [5, 5.41) is 14.8. The van der Waals surface area contributed by atoms with E-state index in [2.05, 4.69) is 31.2 Å².